The van der Waals surface area contributed by atoms with E-state index in [1.54, 1.807) is 0 Å². The van der Waals surface area contributed by atoms with Crippen molar-refractivity contribution in [3.8, 4) is 0 Å². The summed E-state index contributed by atoms with van der Waals surface area (Å²) in [6.45, 7) is 6.60. The van der Waals surface area contributed by atoms with Gasteiger partial charge in [-0.1, -0.05) is 20.8 Å². The molecule has 0 aliphatic rings. The Morgan fingerprint density at radius 2 is 1.85 bits per heavy atom. The Kier molecular flexibility index (Phi) is 4.69. The van der Waals surface area contributed by atoms with Crippen molar-refractivity contribution in [2.45, 2.75) is 52.0 Å². The molecule has 0 saturated heterocycles. The van der Waals surface area contributed by atoms with Crippen LogP contribution >= 0.6 is 11.6 Å². The summed E-state index contributed by atoms with van der Waals surface area (Å²) in [5.41, 5.74) is 1.77. The summed E-state index contributed by atoms with van der Waals surface area (Å²) in [4.78, 5) is 4.61. The lowest BCUT2D eigenvalue weighted by atomic mass is 9.89. The van der Waals surface area contributed by atoms with Gasteiger partial charge in [-0.25, -0.2) is 9.37 Å². The smallest absolute Gasteiger partial charge is 0.125 e. The molecule has 1 aromatic carbocycles. The average molecular weight is 297 g/mol. The van der Waals surface area contributed by atoms with Crippen LogP contribution in [0.4, 0.5) is 4.39 Å². The zero-order valence-corrected chi connectivity index (χ0v) is 13.2. The number of hydrogen-bond donors (Lipinski definition) is 0. The molecule has 2 rings (SSSR count). The van der Waals surface area contributed by atoms with E-state index in [-0.39, 0.29) is 11.4 Å². The lowest BCUT2D eigenvalue weighted by Crippen LogP contribution is -2.33. The van der Waals surface area contributed by atoms with Gasteiger partial charge in [-0.2, -0.15) is 0 Å². The van der Waals surface area contributed by atoms with Crippen LogP contribution in [0.1, 0.15) is 45.9 Å². The molecule has 0 aliphatic heterocycles. The summed E-state index contributed by atoms with van der Waals surface area (Å²) < 4.78 is 15.7. The molecule has 1 aromatic heterocycles. The van der Waals surface area contributed by atoms with Crippen LogP contribution in [0.3, 0.4) is 0 Å². The van der Waals surface area contributed by atoms with Gasteiger partial charge in [-0.3, -0.25) is 0 Å². The molecule has 110 valence electrons. The largest absolute Gasteiger partial charge is 0.322 e. The topological polar surface area (TPSA) is 17.8 Å². The number of fused-ring (bicyclic) bond motifs is 1. The molecule has 0 radical (unpaired) electrons. The van der Waals surface area contributed by atoms with E-state index < -0.39 is 0 Å². The molecule has 0 spiro atoms. The molecule has 1 heterocycles. The van der Waals surface area contributed by atoms with Crippen LogP contribution in [0.15, 0.2) is 18.2 Å². The van der Waals surface area contributed by atoms with Gasteiger partial charge in [0, 0.05) is 23.9 Å². The Bertz CT molecular complexity index is 579. The van der Waals surface area contributed by atoms with Crippen molar-refractivity contribution in [2.24, 2.45) is 0 Å². The number of alkyl halides is 1. The number of rotatable bonds is 6. The van der Waals surface area contributed by atoms with E-state index in [0.717, 1.165) is 36.1 Å². The first-order valence-corrected chi connectivity index (χ1v) is 7.88. The van der Waals surface area contributed by atoms with Crippen LogP contribution < -0.4 is 0 Å². The summed E-state index contributed by atoms with van der Waals surface area (Å²) in [5.74, 6) is 1.25. The van der Waals surface area contributed by atoms with Crippen molar-refractivity contribution >= 4 is 22.6 Å². The Balaban J connectivity index is 2.73. The monoisotopic (exact) mass is 296 g/mol. The Hall–Kier alpha value is -1.09. The van der Waals surface area contributed by atoms with E-state index in [1.807, 2.05) is 6.07 Å². The second-order valence-electron chi connectivity index (χ2n) is 5.22. The van der Waals surface area contributed by atoms with Gasteiger partial charge < -0.3 is 4.57 Å². The zero-order chi connectivity index (χ0) is 14.8. The van der Waals surface area contributed by atoms with E-state index in [4.69, 9.17) is 11.6 Å². The summed E-state index contributed by atoms with van der Waals surface area (Å²) in [6, 6.07) is 4.86. The highest BCUT2D eigenvalue weighted by Gasteiger charge is 2.30. The quantitative estimate of drug-likeness (QED) is 0.695. The first-order valence-electron chi connectivity index (χ1n) is 7.35. The van der Waals surface area contributed by atoms with Crippen molar-refractivity contribution in [1.29, 1.82) is 0 Å². The minimum Gasteiger partial charge on any atom is -0.322 e. The number of benzene rings is 1. The first-order chi connectivity index (χ1) is 9.61. The predicted octanol–water partition coefficient (Wildman–Crippen LogP) is 4.88. The standard InChI is InChI=1S/C16H22ClFN2/c1-4-16(5-2,6-3)20-14-8-7-12(18)11-13(14)19-15(20)9-10-17/h7-8,11H,4-6,9-10H2,1-3H3. The summed E-state index contributed by atoms with van der Waals surface area (Å²) in [7, 11) is 0. The third kappa shape index (κ3) is 2.44. The molecule has 2 aromatic rings. The first kappa shape index (κ1) is 15.3. The van der Waals surface area contributed by atoms with Gasteiger partial charge in [0.15, 0.2) is 0 Å². The van der Waals surface area contributed by atoms with Crippen molar-refractivity contribution in [1.82, 2.24) is 9.55 Å². The Morgan fingerprint density at radius 1 is 1.20 bits per heavy atom. The average Bonchev–Trinajstić information content (AvgIpc) is 2.80. The highest BCUT2D eigenvalue weighted by Crippen LogP contribution is 2.34. The zero-order valence-electron chi connectivity index (χ0n) is 12.4. The summed E-state index contributed by atoms with van der Waals surface area (Å²) in [6.07, 6.45) is 3.79. The highest BCUT2D eigenvalue weighted by molar-refractivity contribution is 6.17. The number of nitrogens with zero attached hydrogens (tertiary/aromatic N) is 2. The summed E-state index contributed by atoms with van der Waals surface area (Å²) in [5, 5.41) is 0. The lowest BCUT2D eigenvalue weighted by molar-refractivity contribution is 0.251. The fraction of sp³-hybridized carbons (Fsp3) is 0.562. The van der Waals surface area contributed by atoms with Gasteiger partial charge in [0.1, 0.15) is 11.6 Å². The van der Waals surface area contributed by atoms with Crippen molar-refractivity contribution < 1.29 is 4.39 Å². The third-order valence-corrected chi connectivity index (χ3v) is 4.64. The minimum absolute atomic E-state index is 0.0357. The van der Waals surface area contributed by atoms with Gasteiger partial charge in [0.2, 0.25) is 0 Å². The van der Waals surface area contributed by atoms with Crippen LogP contribution in [0.5, 0.6) is 0 Å². The molecule has 20 heavy (non-hydrogen) atoms. The van der Waals surface area contributed by atoms with Crippen LogP contribution in [0, 0.1) is 5.82 Å². The van der Waals surface area contributed by atoms with Crippen molar-refractivity contribution in [2.75, 3.05) is 5.88 Å². The van der Waals surface area contributed by atoms with Gasteiger partial charge in [0.25, 0.3) is 0 Å². The van der Waals surface area contributed by atoms with E-state index >= 15 is 0 Å². The van der Waals surface area contributed by atoms with Crippen LogP contribution in [-0.4, -0.2) is 15.4 Å². The number of aromatic nitrogens is 2. The Morgan fingerprint density at radius 3 is 2.40 bits per heavy atom. The molecule has 2 nitrogen and oxygen atoms in total. The maximum atomic E-state index is 13.4. The molecule has 0 bridgehead atoms. The maximum absolute atomic E-state index is 13.4. The number of aryl methyl sites for hydroxylation is 1. The molecule has 0 atom stereocenters. The maximum Gasteiger partial charge on any atom is 0.125 e. The molecule has 4 heteroatoms. The lowest BCUT2D eigenvalue weighted by Gasteiger charge is -2.34. The fourth-order valence-corrected chi connectivity index (χ4v) is 3.28. The van der Waals surface area contributed by atoms with Gasteiger partial charge in [-0.15, -0.1) is 11.6 Å². The number of imidazole rings is 1. The molecule has 0 N–H and O–H groups in total. The summed E-state index contributed by atoms with van der Waals surface area (Å²) >= 11 is 5.92. The molecule has 0 saturated carbocycles. The molecular weight excluding hydrogens is 275 g/mol. The van der Waals surface area contributed by atoms with E-state index in [2.05, 4.69) is 30.3 Å². The normalized spacial score (nSPS) is 12.2. The third-order valence-electron chi connectivity index (χ3n) is 4.45. The van der Waals surface area contributed by atoms with E-state index in [1.165, 1.54) is 12.1 Å². The van der Waals surface area contributed by atoms with Gasteiger partial charge >= 0.3 is 0 Å². The van der Waals surface area contributed by atoms with E-state index in [0.29, 0.717) is 12.3 Å². The molecule has 0 unspecified atom stereocenters. The SMILES string of the molecule is CCC(CC)(CC)n1c(CCCl)nc2cc(F)ccc21. The van der Waals surface area contributed by atoms with Crippen molar-refractivity contribution in [3.05, 3.63) is 29.8 Å². The predicted molar refractivity (Wildman–Crippen MR) is 83.0 cm³/mol. The molecule has 0 aliphatic carbocycles. The van der Waals surface area contributed by atoms with Crippen LogP contribution in [0.2, 0.25) is 0 Å². The van der Waals surface area contributed by atoms with Crippen LogP contribution in [-0.2, 0) is 12.0 Å². The number of hydrogen-bond acceptors (Lipinski definition) is 1. The number of halogens is 2. The second-order valence-corrected chi connectivity index (χ2v) is 5.60. The minimum atomic E-state index is -0.241. The van der Waals surface area contributed by atoms with Gasteiger partial charge in [-0.05, 0) is 31.4 Å². The van der Waals surface area contributed by atoms with Gasteiger partial charge in [0.05, 0.1) is 11.0 Å². The molecule has 0 fully saturated rings. The molecule has 0 amide bonds. The fourth-order valence-electron chi connectivity index (χ4n) is 3.11. The highest BCUT2D eigenvalue weighted by atomic mass is 35.5. The Labute approximate surface area is 125 Å². The molecular formula is C16H22ClFN2. The second kappa shape index (κ2) is 6.13. The van der Waals surface area contributed by atoms with Crippen LogP contribution in [0.25, 0.3) is 11.0 Å². The van der Waals surface area contributed by atoms with E-state index in [9.17, 15) is 4.39 Å². The van der Waals surface area contributed by atoms with Crippen molar-refractivity contribution in [3.63, 3.8) is 0 Å².